The number of aliphatic hydroxyl groups excluding tert-OH is 1. The Labute approximate surface area is 100 Å². The highest BCUT2D eigenvalue weighted by Crippen LogP contribution is 2.09. The quantitative estimate of drug-likeness (QED) is 0.757. The summed E-state index contributed by atoms with van der Waals surface area (Å²) >= 11 is 0. The van der Waals surface area contributed by atoms with Crippen molar-refractivity contribution in [2.24, 2.45) is 0 Å². The van der Waals surface area contributed by atoms with Crippen molar-refractivity contribution in [3.05, 3.63) is 11.8 Å². The molecular formula is C11H18N2O4. The molecule has 1 aromatic rings. The number of hydrogen-bond donors (Lipinski definition) is 1. The summed E-state index contributed by atoms with van der Waals surface area (Å²) in [4.78, 5) is 13.3. The molecular weight excluding hydrogens is 224 g/mol. The zero-order chi connectivity index (χ0) is 12.7. The smallest absolute Gasteiger partial charge is 0.260 e. The molecule has 17 heavy (non-hydrogen) atoms. The summed E-state index contributed by atoms with van der Waals surface area (Å²) < 4.78 is 10.0. The third-order valence-electron chi connectivity index (χ3n) is 2.27. The predicted octanol–water partition coefficient (Wildman–Crippen LogP) is 0.593. The Morgan fingerprint density at radius 1 is 1.65 bits per heavy atom. The lowest BCUT2D eigenvalue weighted by Crippen LogP contribution is -2.35. The number of nitrogens with zero attached hydrogens (tertiary/aromatic N) is 2. The number of aryl methyl sites for hydroxylation is 1. The maximum Gasteiger partial charge on any atom is 0.260 e. The van der Waals surface area contributed by atoms with Crippen molar-refractivity contribution in [3.63, 3.8) is 0 Å². The molecule has 1 heterocycles. The van der Waals surface area contributed by atoms with Crippen LogP contribution in [0.1, 0.15) is 19.1 Å². The SMILES string of the molecule is CCN(CCCO)C(=O)COc1cc(C)on1. The first-order valence-electron chi connectivity index (χ1n) is 5.62. The van der Waals surface area contributed by atoms with E-state index in [-0.39, 0.29) is 19.1 Å². The fraction of sp³-hybridized carbons (Fsp3) is 0.636. The molecule has 1 aromatic heterocycles. The van der Waals surface area contributed by atoms with Crippen LogP contribution in [0.3, 0.4) is 0 Å². The standard InChI is InChI=1S/C11H18N2O4/c1-3-13(5-4-6-14)11(15)8-16-10-7-9(2)17-12-10/h7,14H,3-6,8H2,1-2H3. The molecule has 1 amide bonds. The van der Waals surface area contributed by atoms with E-state index in [1.807, 2.05) is 6.92 Å². The van der Waals surface area contributed by atoms with Crippen molar-refractivity contribution in [1.82, 2.24) is 10.1 Å². The monoisotopic (exact) mass is 242 g/mol. The summed E-state index contributed by atoms with van der Waals surface area (Å²) in [6.07, 6.45) is 0.572. The molecule has 0 aliphatic rings. The molecule has 0 aliphatic heterocycles. The van der Waals surface area contributed by atoms with Gasteiger partial charge in [-0.05, 0) is 25.4 Å². The summed E-state index contributed by atoms with van der Waals surface area (Å²) in [6.45, 7) is 4.78. The van der Waals surface area contributed by atoms with E-state index in [0.717, 1.165) is 0 Å². The lowest BCUT2D eigenvalue weighted by Gasteiger charge is -2.19. The number of amides is 1. The topological polar surface area (TPSA) is 75.8 Å². The minimum absolute atomic E-state index is 0.0642. The van der Waals surface area contributed by atoms with Gasteiger partial charge in [0.05, 0.1) is 0 Å². The van der Waals surface area contributed by atoms with Gasteiger partial charge in [0.25, 0.3) is 11.8 Å². The molecule has 0 spiro atoms. The zero-order valence-electron chi connectivity index (χ0n) is 10.2. The first-order chi connectivity index (χ1) is 8.17. The van der Waals surface area contributed by atoms with Gasteiger partial charge in [0.2, 0.25) is 0 Å². The van der Waals surface area contributed by atoms with Crippen LogP contribution >= 0.6 is 0 Å². The highest BCUT2D eigenvalue weighted by atomic mass is 16.5. The van der Waals surface area contributed by atoms with Gasteiger partial charge in [-0.2, -0.15) is 0 Å². The molecule has 0 aromatic carbocycles. The van der Waals surface area contributed by atoms with E-state index in [1.54, 1.807) is 17.9 Å². The Kier molecular flexibility index (Phi) is 5.48. The fourth-order valence-corrected chi connectivity index (χ4v) is 1.36. The van der Waals surface area contributed by atoms with Crippen molar-refractivity contribution in [2.75, 3.05) is 26.3 Å². The number of likely N-dealkylation sites (N-methyl/N-ethyl adjacent to an activating group) is 1. The van der Waals surface area contributed by atoms with E-state index in [2.05, 4.69) is 5.16 Å². The number of ether oxygens (including phenoxy) is 1. The van der Waals surface area contributed by atoms with Gasteiger partial charge in [0.15, 0.2) is 6.61 Å². The van der Waals surface area contributed by atoms with Gasteiger partial charge in [0, 0.05) is 25.8 Å². The molecule has 0 bridgehead atoms. The van der Waals surface area contributed by atoms with E-state index in [9.17, 15) is 4.79 Å². The van der Waals surface area contributed by atoms with Gasteiger partial charge >= 0.3 is 0 Å². The number of aromatic nitrogens is 1. The van der Waals surface area contributed by atoms with Crippen molar-refractivity contribution in [3.8, 4) is 5.88 Å². The average Bonchev–Trinajstić information content (AvgIpc) is 2.73. The van der Waals surface area contributed by atoms with Crippen molar-refractivity contribution >= 4 is 5.91 Å². The molecule has 1 N–H and O–H groups in total. The maximum absolute atomic E-state index is 11.7. The van der Waals surface area contributed by atoms with Crippen molar-refractivity contribution < 1.29 is 19.2 Å². The highest BCUT2D eigenvalue weighted by Gasteiger charge is 2.12. The summed E-state index contributed by atoms with van der Waals surface area (Å²) in [5.41, 5.74) is 0. The molecule has 0 saturated heterocycles. The third-order valence-corrected chi connectivity index (χ3v) is 2.27. The molecule has 96 valence electrons. The fourth-order valence-electron chi connectivity index (χ4n) is 1.36. The Bertz CT molecular complexity index is 351. The van der Waals surface area contributed by atoms with Gasteiger partial charge in [-0.15, -0.1) is 0 Å². The number of carbonyl (C=O) groups excluding carboxylic acids is 1. The molecule has 0 saturated carbocycles. The lowest BCUT2D eigenvalue weighted by molar-refractivity contribution is -0.133. The Morgan fingerprint density at radius 2 is 2.41 bits per heavy atom. The summed E-state index contributed by atoms with van der Waals surface area (Å²) in [5, 5.41) is 12.3. The lowest BCUT2D eigenvalue weighted by atomic mass is 10.4. The zero-order valence-corrected chi connectivity index (χ0v) is 10.2. The van der Waals surface area contributed by atoms with Crippen LogP contribution in [0.15, 0.2) is 10.6 Å². The number of hydrogen-bond acceptors (Lipinski definition) is 5. The third kappa shape index (κ3) is 4.44. The van der Waals surface area contributed by atoms with Crippen LogP contribution in [0, 0.1) is 6.92 Å². The van der Waals surface area contributed by atoms with Crippen LogP contribution in [-0.4, -0.2) is 47.4 Å². The first kappa shape index (κ1) is 13.5. The van der Waals surface area contributed by atoms with Gasteiger partial charge in [-0.25, -0.2) is 0 Å². The van der Waals surface area contributed by atoms with Crippen LogP contribution in [0.4, 0.5) is 0 Å². The Hall–Kier alpha value is -1.56. The number of carbonyl (C=O) groups is 1. The summed E-state index contributed by atoms with van der Waals surface area (Å²) in [7, 11) is 0. The van der Waals surface area contributed by atoms with E-state index in [0.29, 0.717) is 31.2 Å². The maximum atomic E-state index is 11.7. The Balaban J connectivity index is 2.36. The molecule has 0 fully saturated rings. The molecule has 0 unspecified atom stereocenters. The molecule has 0 aliphatic carbocycles. The minimum Gasteiger partial charge on any atom is -0.465 e. The van der Waals surface area contributed by atoms with Crippen LogP contribution in [0.25, 0.3) is 0 Å². The van der Waals surface area contributed by atoms with E-state index >= 15 is 0 Å². The molecule has 6 nitrogen and oxygen atoms in total. The summed E-state index contributed by atoms with van der Waals surface area (Å²) in [5.74, 6) is 0.829. The van der Waals surface area contributed by atoms with Gasteiger partial charge in [-0.3, -0.25) is 4.79 Å². The normalized spacial score (nSPS) is 10.3. The minimum atomic E-state index is -0.124. The predicted molar refractivity (Wildman–Crippen MR) is 60.7 cm³/mol. The van der Waals surface area contributed by atoms with Crippen LogP contribution < -0.4 is 4.74 Å². The van der Waals surface area contributed by atoms with Gasteiger partial charge < -0.3 is 19.3 Å². The second-order valence-corrected chi connectivity index (χ2v) is 3.62. The van der Waals surface area contributed by atoms with E-state index in [4.69, 9.17) is 14.4 Å². The largest absolute Gasteiger partial charge is 0.465 e. The van der Waals surface area contributed by atoms with Crippen LogP contribution in [-0.2, 0) is 4.79 Å². The Morgan fingerprint density at radius 3 is 2.94 bits per heavy atom. The number of rotatable bonds is 7. The van der Waals surface area contributed by atoms with Crippen molar-refractivity contribution in [1.29, 1.82) is 0 Å². The van der Waals surface area contributed by atoms with Gasteiger partial charge in [0.1, 0.15) is 5.76 Å². The molecule has 6 heteroatoms. The van der Waals surface area contributed by atoms with Crippen LogP contribution in [0.5, 0.6) is 5.88 Å². The second kappa shape index (κ2) is 6.90. The van der Waals surface area contributed by atoms with Gasteiger partial charge in [-0.1, -0.05) is 0 Å². The molecule has 0 radical (unpaired) electrons. The molecule has 0 atom stereocenters. The van der Waals surface area contributed by atoms with Crippen LogP contribution in [0.2, 0.25) is 0 Å². The molecule has 1 rings (SSSR count). The average molecular weight is 242 g/mol. The second-order valence-electron chi connectivity index (χ2n) is 3.62. The number of aliphatic hydroxyl groups is 1. The van der Waals surface area contributed by atoms with Crippen molar-refractivity contribution in [2.45, 2.75) is 20.3 Å². The highest BCUT2D eigenvalue weighted by molar-refractivity contribution is 5.77. The van der Waals surface area contributed by atoms with E-state index in [1.165, 1.54) is 0 Å². The van der Waals surface area contributed by atoms with E-state index < -0.39 is 0 Å². The first-order valence-corrected chi connectivity index (χ1v) is 5.62. The summed E-state index contributed by atoms with van der Waals surface area (Å²) in [6, 6.07) is 1.62.